The summed E-state index contributed by atoms with van der Waals surface area (Å²) in [6.07, 6.45) is 0.208. The van der Waals surface area contributed by atoms with Crippen LogP contribution in [0, 0.1) is 0 Å². The molecule has 1 aliphatic rings. The van der Waals surface area contributed by atoms with Gasteiger partial charge < -0.3 is 14.2 Å². The van der Waals surface area contributed by atoms with Gasteiger partial charge in [-0.15, -0.1) is 0 Å². The zero-order valence-electron chi connectivity index (χ0n) is 13.1. The molecule has 0 aromatic heterocycles. The highest BCUT2D eigenvalue weighted by Crippen LogP contribution is 2.24. The summed E-state index contributed by atoms with van der Waals surface area (Å²) in [4.78, 5) is 0. The Kier molecular flexibility index (Phi) is 5.80. The van der Waals surface area contributed by atoms with E-state index in [1.807, 2.05) is 18.2 Å². The van der Waals surface area contributed by atoms with Crippen LogP contribution in [0.25, 0.3) is 0 Å². The largest absolute Gasteiger partial charge is 0.497 e. The van der Waals surface area contributed by atoms with Crippen molar-refractivity contribution in [3.63, 3.8) is 0 Å². The zero-order chi connectivity index (χ0) is 16.2. The topological polar surface area (TPSA) is 73.9 Å². The maximum Gasteiger partial charge on any atom is 0.217 e. The molecule has 1 aliphatic heterocycles. The summed E-state index contributed by atoms with van der Waals surface area (Å²) in [6.45, 7) is 2.50. The third-order valence-electron chi connectivity index (χ3n) is 3.84. The van der Waals surface area contributed by atoms with Gasteiger partial charge in [-0.25, -0.2) is 13.1 Å². The standard InChI is InChI=1S/C15H23NO5S/c1-11-15(7-8-21-11)22(17,18)16-14(10-19-2)12-5-4-6-13(9-12)20-3/h4-6,9,11,14-16H,7-8,10H2,1-3H3. The molecule has 3 atom stereocenters. The number of sulfonamides is 1. The van der Waals surface area contributed by atoms with Crippen molar-refractivity contribution in [2.24, 2.45) is 0 Å². The van der Waals surface area contributed by atoms with Crippen LogP contribution in [0.1, 0.15) is 24.9 Å². The molecule has 2 rings (SSSR count). The minimum Gasteiger partial charge on any atom is -0.497 e. The van der Waals surface area contributed by atoms with Gasteiger partial charge in [0.25, 0.3) is 0 Å². The first-order chi connectivity index (χ1) is 10.5. The minimum atomic E-state index is -3.49. The Morgan fingerprint density at radius 3 is 2.77 bits per heavy atom. The molecule has 0 aliphatic carbocycles. The van der Waals surface area contributed by atoms with Crippen molar-refractivity contribution in [3.05, 3.63) is 29.8 Å². The molecular weight excluding hydrogens is 306 g/mol. The van der Waals surface area contributed by atoms with Gasteiger partial charge in [-0.1, -0.05) is 12.1 Å². The van der Waals surface area contributed by atoms with E-state index >= 15 is 0 Å². The molecule has 22 heavy (non-hydrogen) atoms. The second kappa shape index (κ2) is 7.41. The fourth-order valence-electron chi connectivity index (χ4n) is 2.63. The van der Waals surface area contributed by atoms with Crippen LogP contribution in [-0.4, -0.2) is 47.2 Å². The van der Waals surface area contributed by atoms with Crippen molar-refractivity contribution in [1.82, 2.24) is 4.72 Å². The monoisotopic (exact) mass is 329 g/mol. The van der Waals surface area contributed by atoms with E-state index < -0.39 is 21.3 Å². The highest BCUT2D eigenvalue weighted by Gasteiger charge is 2.37. The fourth-order valence-corrected chi connectivity index (χ4v) is 4.39. The summed E-state index contributed by atoms with van der Waals surface area (Å²) < 4.78 is 43.6. The highest BCUT2D eigenvalue weighted by atomic mass is 32.2. The van der Waals surface area contributed by atoms with Crippen LogP contribution < -0.4 is 9.46 Å². The van der Waals surface area contributed by atoms with E-state index in [2.05, 4.69) is 4.72 Å². The normalized spacial score (nSPS) is 23.4. The van der Waals surface area contributed by atoms with Crippen molar-refractivity contribution in [2.45, 2.75) is 30.7 Å². The average Bonchev–Trinajstić information content (AvgIpc) is 2.94. The van der Waals surface area contributed by atoms with Crippen molar-refractivity contribution >= 4 is 10.0 Å². The van der Waals surface area contributed by atoms with Crippen LogP contribution >= 0.6 is 0 Å². The summed E-state index contributed by atoms with van der Waals surface area (Å²) in [7, 11) is -0.374. The smallest absolute Gasteiger partial charge is 0.217 e. The molecule has 3 unspecified atom stereocenters. The zero-order valence-corrected chi connectivity index (χ0v) is 13.9. The third kappa shape index (κ3) is 3.98. The SMILES string of the molecule is COCC(NS(=O)(=O)C1CCOC1C)c1cccc(OC)c1. The number of hydrogen-bond acceptors (Lipinski definition) is 5. The van der Waals surface area contributed by atoms with Gasteiger partial charge in [0.05, 0.1) is 25.9 Å². The van der Waals surface area contributed by atoms with Crippen LogP contribution in [0.3, 0.4) is 0 Å². The molecule has 0 saturated carbocycles. The van der Waals surface area contributed by atoms with Crippen molar-refractivity contribution in [2.75, 3.05) is 27.4 Å². The predicted molar refractivity (Wildman–Crippen MR) is 83.5 cm³/mol. The van der Waals surface area contributed by atoms with E-state index in [1.165, 1.54) is 0 Å². The Hall–Kier alpha value is -1.15. The molecule has 7 heteroatoms. The number of methoxy groups -OCH3 is 2. The van der Waals surface area contributed by atoms with Crippen LogP contribution in [0.15, 0.2) is 24.3 Å². The molecule has 1 fully saturated rings. The Bertz CT molecular complexity index is 589. The first-order valence-electron chi connectivity index (χ1n) is 7.23. The first-order valence-corrected chi connectivity index (χ1v) is 8.78. The molecule has 0 spiro atoms. The second-order valence-corrected chi connectivity index (χ2v) is 7.28. The van der Waals surface area contributed by atoms with Crippen molar-refractivity contribution in [3.8, 4) is 5.75 Å². The Morgan fingerprint density at radius 2 is 2.18 bits per heavy atom. The van der Waals surface area contributed by atoms with E-state index in [0.717, 1.165) is 5.56 Å². The van der Waals surface area contributed by atoms with Gasteiger partial charge in [-0.2, -0.15) is 0 Å². The summed E-state index contributed by atoms with van der Waals surface area (Å²) in [5.74, 6) is 0.676. The summed E-state index contributed by atoms with van der Waals surface area (Å²) in [5.41, 5.74) is 0.802. The van der Waals surface area contributed by atoms with E-state index in [-0.39, 0.29) is 12.7 Å². The summed E-state index contributed by atoms with van der Waals surface area (Å²) >= 11 is 0. The Balaban J connectivity index is 2.20. The van der Waals surface area contributed by atoms with Gasteiger partial charge in [0.15, 0.2) is 0 Å². The van der Waals surface area contributed by atoms with Crippen LogP contribution in [-0.2, 0) is 19.5 Å². The summed E-state index contributed by atoms with van der Waals surface area (Å²) in [6, 6.07) is 6.84. The number of ether oxygens (including phenoxy) is 3. The molecule has 0 amide bonds. The fraction of sp³-hybridized carbons (Fsp3) is 0.600. The van der Waals surface area contributed by atoms with Gasteiger partial charge in [0.2, 0.25) is 10.0 Å². The lowest BCUT2D eigenvalue weighted by atomic mass is 10.1. The first kappa shape index (κ1) is 17.2. The van der Waals surface area contributed by atoms with Crippen molar-refractivity contribution in [1.29, 1.82) is 0 Å². The van der Waals surface area contributed by atoms with Crippen LogP contribution in [0.2, 0.25) is 0 Å². The second-order valence-electron chi connectivity index (χ2n) is 5.35. The van der Waals surface area contributed by atoms with Crippen LogP contribution in [0.5, 0.6) is 5.75 Å². The van der Waals surface area contributed by atoms with Gasteiger partial charge in [-0.3, -0.25) is 0 Å². The van der Waals surface area contributed by atoms with Gasteiger partial charge in [0, 0.05) is 13.7 Å². The van der Waals surface area contributed by atoms with Crippen molar-refractivity contribution < 1.29 is 22.6 Å². The number of benzene rings is 1. The Labute approximate surface area is 131 Å². The number of hydrogen-bond donors (Lipinski definition) is 1. The van der Waals surface area contributed by atoms with Gasteiger partial charge in [0.1, 0.15) is 11.0 Å². The Morgan fingerprint density at radius 1 is 1.41 bits per heavy atom. The molecule has 1 saturated heterocycles. The van der Waals surface area contributed by atoms with E-state index in [1.54, 1.807) is 27.2 Å². The molecule has 1 aromatic rings. The minimum absolute atomic E-state index is 0.244. The summed E-state index contributed by atoms with van der Waals surface area (Å²) in [5, 5.41) is -0.530. The molecular formula is C15H23NO5S. The number of rotatable bonds is 7. The lowest BCUT2D eigenvalue weighted by Gasteiger charge is -2.22. The van der Waals surface area contributed by atoms with Crippen LogP contribution in [0.4, 0.5) is 0 Å². The average molecular weight is 329 g/mol. The molecule has 1 N–H and O–H groups in total. The van der Waals surface area contributed by atoms with E-state index in [4.69, 9.17) is 14.2 Å². The molecule has 124 valence electrons. The predicted octanol–water partition coefficient (Wildman–Crippen LogP) is 1.48. The quantitative estimate of drug-likeness (QED) is 0.820. The highest BCUT2D eigenvalue weighted by molar-refractivity contribution is 7.90. The van der Waals surface area contributed by atoms with E-state index in [0.29, 0.717) is 18.8 Å². The molecule has 6 nitrogen and oxygen atoms in total. The number of nitrogens with one attached hydrogen (secondary N) is 1. The lowest BCUT2D eigenvalue weighted by Crippen LogP contribution is -2.41. The maximum atomic E-state index is 12.6. The molecule has 0 radical (unpaired) electrons. The molecule has 1 heterocycles. The van der Waals surface area contributed by atoms with Gasteiger partial charge in [-0.05, 0) is 31.0 Å². The lowest BCUT2D eigenvalue weighted by molar-refractivity contribution is 0.126. The third-order valence-corrected chi connectivity index (χ3v) is 5.87. The molecule has 1 aromatic carbocycles. The van der Waals surface area contributed by atoms with E-state index in [9.17, 15) is 8.42 Å². The molecule has 0 bridgehead atoms. The maximum absolute atomic E-state index is 12.6. The van der Waals surface area contributed by atoms with Gasteiger partial charge >= 0.3 is 0 Å².